The maximum Gasteiger partial charge on any atom is 0.418 e. The van der Waals surface area contributed by atoms with E-state index in [1.807, 2.05) is 0 Å². The summed E-state index contributed by atoms with van der Waals surface area (Å²) in [6.45, 7) is 1.56. The molecule has 0 aliphatic rings. The molecule has 7 heteroatoms. The average Bonchev–Trinajstić information content (AvgIpc) is 2.47. The highest BCUT2D eigenvalue weighted by atomic mass is 19.4. The molecule has 0 amide bonds. The molecule has 4 nitrogen and oxygen atoms in total. The molecule has 1 aromatic carbocycles. The Bertz CT molecular complexity index is 651. The van der Waals surface area contributed by atoms with Gasteiger partial charge in [-0.25, -0.2) is 0 Å². The summed E-state index contributed by atoms with van der Waals surface area (Å²) in [5.41, 5.74) is 0.361. The lowest BCUT2D eigenvalue weighted by atomic mass is 10.1. The van der Waals surface area contributed by atoms with Gasteiger partial charge in [0, 0.05) is 0 Å². The minimum absolute atomic E-state index is 0.0490. The predicted molar refractivity (Wildman–Crippen MR) is 73.0 cm³/mol. The molecule has 1 heterocycles. The Labute approximate surface area is 118 Å². The van der Waals surface area contributed by atoms with Crippen molar-refractivity contribution in [1.29, 1.82) is 0 Å². The third-order valence-corrected chi connectivity index (χ3v) is 2.80. The summed E-state index contributed by atoms with van der Waals surface area (Å²) in [7, 11) is 0. The molecule has 2 aromatic rings. The largest absolute Gasteiger partial charge is 0.418 e. The maximum absolute atomic E-state index is 12.9. The minimum Gasteiger partial charge on any atom is -0.411 e. The number of nitrogens with zero attached hydrogens (tertiary/aromatic N) is 2. The summed E-state index contributed by atoms with van der Waals surface area (Å²) in [4.78, 5) is 4.00. The van der Waals surface area contributed by atoms with Crippen LogP contribution in [0.5, 0.6) is 0 Å². The second kappa shape index (κ2) is 5.82. The second-order valence-electron chi connectivity index (χ2n) is 4.29. The Morgan fingerprint density at radius 2 is 1.90 bits per heavy atom. The fourth-order valence-corrected chi connectivity index (χ4v) is 1.73. The van der Waals surface area contributed by atoms with Crippen LogP contribution in [0.1, 0.15) is 18.2 Å². The number of anilines is 2. The standard InChI is InChI=1S/C14H12F3N3O/c1-9(20-21)12-7-6-10(8-18-12)19-13-5-3-2-4-11(13)14(15,16)17/h2-8,19,21H,1H3/b20-9+. The zero-order chi connectivity index (χ0) is 15.5. The molecule has 0 saturated heterocycles. The fraction of sp³-hybridized carbons (Fsp3) is 0.143. The maximum atomic E-state index is 12.9. The molecule has 0 atom stereocenters. The molecule has 0 bridgehead atoms. The van der Waals surface area contributed by atoms with Gasteiger partial charge in [0.1, 0.15) is 5.71 Å². The molecule has 0 unspecified atom stereocenters. The van der Waals surface area contributed by atoms with E-state index in [9.17, 15) is 13.2 Å². The number of oxime groups is 1. The molecule has 0 aliphatic heterocycles. The van der Waals surface area contributed by atoms with E-state index < -0.39 is 11.7 Å². The number of para-hydroxylation sites is 1. The van der Waals surface area contributed by atoms with Crippen LogP contribution in [-0.2, 0) is 6.18 Å². The van der Waals surface area contributed by atoms with Crippen LogP contribution in [0.25, 0.3) is 0 Å². The SMILES string of the molecule is C/C(=N\O)c1ccc(Nc2ccccc2C(F)(F)F)cn1. The van der Waals surface area contributed by atoms with E-state index in [1.54, 1.807) is 19.1 Å². The van der Waals surface area contributed by atoms with Crippen molar-refractivity contribution in [2.45, 2.75) is 13.1 Å². The smallest absolute Gasteiger partial charge is 0.411 e. The van der Waals surface area contributed by atoms with Gasteiger partial charge in [-0.2, -0.15) is 13.2 Å². The first-order chi connectivity index (χ1) is 9.91. The van der Waals surface area contributed by atoms with E-state index in [2.05, 4.69) is 15.5 Å². The molecular weight excluding hydrogens is 283 g/mol. The molecule has 0 fully saturated rings. The highest BCUT2D eigenvalue weighted by Gasteiger charge is 2.33. The van der Waals surface area contributed by atoms with Crippen LogP contribution in [0.3, 0.4) is 0 Å². The Morgan fingerprint density at radius 1 is 1.19 bits per heavy atom. The van der Waals surface area contributed by atoms with Crippen LogP contribution < -0.4 is 5.32 Å². The molecule has 110 valence electrons. The summed E-state index contributed by atoms with van der Waals surface area (Å²) < 4.78 is 38.6. The van der Waals surface area contributed by atoms with Crippen molar-refractivity contribution in [3.8, 4) is 0 Å². The molecule has 2 rings (SSSR count). The summed E-state index contributed by atoms with van der Waals surface area (Å²) in [5, 5.41) is 14.3. The number of nitrogens with one attached hydrogen (secondary N) is 1. The molecule has 0 saturated carbocycles. The summed E-state index contributed by atoms with van der Waals surface area (Å²) in [5.74, 6) is 0. The number of alkyl halides is 3. The van der Waals surface area contributed by atoms with Crippen molar-refractivity contribution in [2.24, 2.45) is 5.16 Å². The molecule has 0 spiro atoms. The van der Waals surface area contributed by atoms with Crippen LogP contribution in [0.15, 0.2) is 47.8 Å². The summed E-state index contributed by atoms with van der Waals surface area (Å²) in [6, 6.07) is 8.31. The number of benzene rings is 1. The lowest BCUT2D eigenvalue weighted by Crippen LogP contribution is -2.08. The van der Waals surface area contributed by atoms with E-state index in [-0.39, 0.29) is 5.69 Å². The van der Waals surface area contributed by atoms with Crippen molar-refractivity contribution in [2.75, 3.05) is 5.32 Å². The molecule has 21 heavy (non-hydrogen) atoms. The minimum atomic E-state index is -4.43. The van der Waals surface area contributed by atoms with Crippen LogP contribution >= 0.6 is 0 Å². The van der Waals surface area contributed by atoms with Crippen molar-refractivity contribution < 1.29 is 18.4 Å². The predicted octanol–water partition coefficient (Wildman–Crippen LogP) is 4.04. The van der Waals surface area contributed by atoms with Crippen LogP contribution in [0.2, 0.25) is 0 Å². The van der Waals surface area contributed by atoms with Gasteiger partial charge in [0.2, 0.25) is 0 Å². The van der Waals surface area contributed by atoms with Gasteiger partial charge in [-0.05, 0) is 31.2 Å². The molecule has 0 aliphatic carbocycles. The monoisotopic (exact) mass is 295 g/mol. The Kier molecular flexibility index (Phi) is 4.11. The lowest BCUT2D eigenvalue weighted by molar-refractivity contribution is -0.136. The van der Waals surface area contributed by atoms with Crippen molar-refractivity contribution in [3.63, 3.8) is 0 Å². The highest BCUT2D eigenvalue weighted by Crippen LogP contribution is 2.35. The van der Waals surface area contributed by atoms with E-state index >= 15 is 0 Å². The Hall–Kier alpha value is -2.57. The summed E-state index contributed by atoms with van der Waals surface area (Å²) >= 11 is 0. The van der Waals surface area contributed by atoms with Gasteiger partial charge in [-0.1, -0.05) is 17.3 Å². The molecular formula is C14H12F3N3O. The number of pyridine rings is 1. The number of aromatic nitrogens is 1. The van der Waals surface area contributed by atoms with E-state index in [0.717, 1.165) is 6.07 Å². The van der Waals surface area contributed by atoms with Gasteiger partial charge in [-0.3, -0.25) is 4.98 Å². The Morgan fingerprint density at radius 3 is 2.48 bits per heavy atom. The molecule has 2 N–H and O–H groups in total. The topological polar surface area (TPSA) is 57.5 Å². The number of hydrogen-bond donors (Lipinski definition) is 2. The van der Waals surface area contributed by atoms with Crippen LogP contribution in [-0.4, -0.2) is 15.9 Å². The number of hydrogen-bond acceptors (Lipinski definition) is 4. The fourth-order valence-electron chi connectivity index (χ4n) is 1.73. The first-order valence-electron chi connectivity index (χ1n) is 6.00. The van der Waals surface area contributed by atoms with Crippen molar-refractivity contribution in [3.05, 3.63) is 53.9 Å². The average molecular weight is 295 g/mol. The first-order valence-corrected chi connectivity index (χ1v) is 6.00. The van der Waals surface area contributed by atoms with Gasteiger partial charge in [0.05, 0.1) is 28.8 Å². The normalized spacial score (nSPS) is 12.3. The van der Waals surface area contributed by atoms with Gasteiger partial charge in [-0.15, -0.1) is 0 Å². The molecule has 0 radical (unpaired) electrons. The van der Waals surface area contributed by atoms with Crippen molar-refractivity contribution >= 4 is 17.1 Å². The van der Waals surface area contributed by atoms with Gasteiger partial charge >= 0.3 is 6.18 Å². The zero-order valence-corrected chi connectivity index (χ0v) is 11.0. The third kappa shape index (κ3) is 3.50. The second-order valence-corrected chi connectivity index (χ2v) is 4.29. The number of rotatable bonds is 3. The Balaban J connectivity index is 2.27. The quantitative estimate of drug-likeness (QED) is 0.510. The first kappa shape index (κ1) is 14.8. The van der Waals surface area contributed by atoms with E-state index in [1.165, 1.54) is 24.4 Å². The lowest BCUT2D eigenvalue weighted by Gasteiger charge is -2.14. The molecule has 1 aromatic heterocycles. The highest BCUT2D eigenvalue weighted by molar-refractivity contribution is 5.96. The van der Waals surface area contributed by atoms with E-state index in [0.29, 0.717) is 17.1 Å². The number of halogens is 3. The summed E-state index contributed by atoms with van der Waals surface area (Å²) in [6.07, 6.45) is -3.06. The van der Waals surface area contributed by atoms with Crippen LogP contribution in [0, 0.1) is 0 Å². The van der Waals surface area contributed by atoms with Gasteiger partial charge < -0.3 is 10.5 Å². The van der Waals surface area contributed by atoms with Crippen molar-refractivity contribution in [1.82, 2.24) is 4.98 Å². The van der Waals surface area contributed by atoms with Gasteiger partial charge in [0.15, 0.2) is 0 Å². The third-order valence-electron chi connectivity index (χ3n) is 2.80. The zero-order valence-electron chi connectivity index (χ0n) is 11.0. The van der Waals surface area contributed by atoms with Gasteiger partial charge in [0.25, 0.3) is 0 Å². The van der Waals surface area contributed by atoms with Crippen LogP contribution in [0.4, 0.5) is 24.5 Å². The van der Waals surface area contributed by atoms with E-state index in [4.69, 9.17) is 5.21 Å².